The highest BCUT2D eigenvalue weighted by Gasteiger charge is 2.29. The smallest absolute Gasteiger partial charge is 0.240 e. The average molecular weight is 321 g/mol. The minimum absolute atomic E-state index is 0. The van der Waals surface area contributed by atoms with Crippen LogP contribution in [0.3, 0.4) is 0 Å². The lowest BCUT2D eigenvalue weighted by Crippen LogP contribution is -2.55. The molecule has 0 unspecified atom stereocenters. The Balaban J connectivity index is 0.00000220. The molecule has 0 aliphatic carbocycles. The zero-order chi connectivity index (χ0) is 14.7. The van der Waals surface area contributed by atoms with Gasteiger partial charge in [0.15, 0.2) is 0 Å². The molecule has 0 radical (unpaired) electrons. The molecule has 1 saturated heterocycles. The predicted molar refractivity (Wildman–Crippen MR) is 77.4 cm³/mol. The van der Waals surface area contributed by atoms with Gasteiger partial charge in [-0.1, -0.05) is 6.07 Å². The van der Waals surface area contributed by atoms with E-state index in [0.29, 0.717) is 13.2 Å². The van der Waals surface area contributed by atoms with Gasteiger partial charge in [0.1, 0.15) is 17.7 Å². The fraction of sp³-hybridized carbons (Fsp3) is 0.500. The van der Waals surface area contributed by atoms with Gasteiger partial charge in [0, 0.05) is 18.2 Å². The standard InChI is InChI=1S/C14H18F2N2O2.ClH/c1-8(11-4-3-10(15)7-12(11)16)18-14(19)13-9(2)20-6-5-17-13;/h3-4,7-9,13,17H,5-6H2,1-2H3,(H,18,19);1H/t8-,9-,13+;/m1./s1. The van der Waals surface area contributed by atoms with Gasteiger partial charge in [-0.15, -0.1) is 12.4 Å². The van der Waals surface area contributed by atoms with E-state index in [-0.39, 0.29) is 30.0 Å². The van der Waals surface area contributed by atoms with Crippen LogP contribution in [0.5, 0.6) is 0 Å². The molecule has 7 heteroatoms. The molecule has 0 saturated carbocycles. The number of carbonyl (C=O) groups excluding carboxylic acids is 1. The molecule has 1 fully saturated rings. The summed E-state index contributed by atoms with van der Waals surface area (Å²) in [7, 11) is 0. The Morgan fingerprint density at radius 3 is 2.81 bits per heavy atom. The van der Waals surface area contributed by atoms with Crippen molar-refractivity contribution in [1.82, 2.24) is 10.6 Å². The van der Waals surface area contributed by atoms with Crippen LogP contribution in [0.4, 0.5) is 8.78 Å². The molecule has 1 amide bonds. The molecule has 2 N–H and O–H groups in total. The molecule has 3 atom stereocenters. The lowest BCUT2D eigenvalue weighted by molar-refractivity contribution is -0.129. The van der Waals surface area contributed by atoms with E-state index < -0.39 is 23.7 Å². The SMILES string of the molecule is C[C@@H](NC(=O)[C@H]1NCCO[C@@H]1C)c1ccc(F)cc1F.Cl. The number of rotatable bonds is 3. The summed E-state index contributed by atoms with van der Waals surface area (Å²) in [5.41, 5.74) is 0.254. The molecular weight excluding hydrogens is 302 g/mol. The molecule has 1 aromatic rings. The van der Waals surface area contributed by atoms with Gasteiger partial charge >= 0.3 is 0 Å². The Bertz CT molecular complexity index is 502. The van der Waals surface area contributed by atoms with Gasteiger partial charge < -0.3 is 15.4 Å². The average Bonchev–Trinajstić information content (AvgIpc) is 2.38. The molecule has 1 aliphatic heterocycles. The first kappa shape index (κ1) is 17.8. The largest absolute Gasteiger partial charge is 0.375 e. The molecule has 1 heterocycles. The number of hydrogen-bond acceptors (Lipinski definition) is 3. The van der Waals surface area contributed by atoms with Crippen molar-refractivity contribution >= 4 is 18.3 Å². The number of hydrogen-bond donors (Lipinski definition) is 2. The van der Waals surface area contributed by atoms with Gasteiger partial charge in [-0.05, 0) is 19.9 Å². The summed E-state index contributed by atoms with van der Waals surface area (Å²) in [6.45, 7) is 4.62. The van der Waals surface area contributed by atoms with Gasteiger partial charge in [-0.2, -0.15) is 0 Å². The molecule has 2 rings (SSSR count). The van der Waals surface area contributed by atoms with Crippen LogP contribution < -0.4 is 10.6 Å². The van der Waals surface area contributed by atoms with Crippen molar-refractivity contribution in [3.05, 3.63) is 35.4 Å². The Morgan fingerprint density at radius 2 is 2.19 bits per heavy atom. The minimum Gasteiger partial charge on any atom is -0.375 e. The summed E-state index contributed by atoms with van der Waals surface area (Å²) < 4.78 is 31.9. The lowest BCUT2D eigenvalue weighted by atomic mass is 10.1. The van der Waals surface area contributed by atoms with Gasteiger partial charge in [0.25, 0.3) is 0 Å². The second-order valence-electron chi connectivity index (χ2n) is 4.90. The topological polar surface area (TPSA) is 50.4 Å². The quantitative estimate of drug-likeness (QED) is 0.895. The maximum absolute atomic E-state index is 13.6. The highest BCUT2D eigenvalue weighted by molar-refractivity contribution is 5.85. The maximum atomic E-state index is 13.6. The highest BCUT2D eigenvalue weighted by atomic mass is 35.5. The number of morpholine rings is 1. The number of amides is 1. The lowest BCUT2D eigenvalue weighted by Gasteiger charge is -2.30. The Hall–Kier alpha value is -1.24. The summed E-state index contributed by atoms with van der Waals surface area (Å²) in [5, 5.41) is 5.77. The Morgan fingerprint density at radius 1 is 1.48 bits per heavy atom. The van der Waals surface area contributed by atoms with Crippen molar-refractivity contribution in [1.29, 1.82) is 0 Å². The van der Waals surface area contributed by atoms with Crippen LogP contribution in [0.15, 0.2) is 18.2 Å². The van der Waals surface area contributed by atoms with E-state index in [0.717, 1.165) is 6.07 Å². The van der Waals surface area contributed by atoms with Crippen molar-refractivity contribution in [2.75, 3.05) is 13.2 Å². The third kappa shape index (κ3) is 4.36. The van der Waals surface area contributed by atoms with E-state index in [2.05, 4.69) is 10.6 Å². The molecule has 1 aliphatic rings. The van der Waals surface area contributed by atoms with E-state index in [1.54, 1.807) is 13.8 Å². The molecule has 4 nitrogen and oxygen atoms in total. The molecule has 0 spiro atoms. The first-order chi connectivity index (χ1) is 9.49. The molecule has 118 valence electrons. The first-order valence-corrected chi connectivity index (χ1v) is 6.59. The van der Waals surface area contributed by atoms with Gasteiger partial charge in [-0.25, -0.2) is 8.78 Å². The van der Waals surface area contributed by atoms with Crippen LogP contribution in [0.2, 0.25) is 0 Å². The first-order valence-electron chi connectivity index (χ1n) is 6.59. The monoisotopic (exact) mass is 320 g/mol. The van der Waals surface area contributed by atoms with E-state index in [1.165, 1.54) is 12.1 Å². The Kier molecular flexibility index (Phi) is 6.51. The van der Waals surface area contributed by atoms with E-state index in [4.69, 9.17) is 4.74 Å². The van der Waals surface area contributed by atoms with Crippen LogP contribution in [0.1, 0.15) is 25.5 Å². The van der Waals surface area contributed by atoms with Crippen molar-refractivity contribution in [2.45, 2.75) is 32.0 Å². The minimum atomic E-state index is -0.668. The van der Waals surface area contributed by atoms with Crippen LogP contribution in [-0.2, 0) is 9.53 Å². The van der Waals surface area contributed by atoms with Gasteiger partial charge in [0.2, 0.25) is 5.91 Å². The van der Waals surface area contributed by atoms with Crippen molar-refractivity contribution in [3.8, 4) is 0 Å². The number of nitrogens with one attached hydrogen (secondary N) is 2. The Labute approximate surface area is 128 Å². The fourth-order valence-electron chi connectivity index (χ4n) is 2.26. The number of carbonyl (C=O) groups is 1. The van der Waals surface area contributed by atoms with Gasteiger partial charge in [0.05, 0.1) is 18.8 Å². The van der Waals surface area contributed by atoms with E-state index in [9.17, 15) is 13.6 Å². The van der Waals surface area contributed by atoms with Crippen LogP contribution >= 0.6 is 12.4 Å². The summed E-state index contributed by atoms with van der Waals surface area (Å²) in [5.74, 6) is -1.56. The van der Waals surface area contributed by atoms with Crippen LogP contribution in [0, 0.1) is 11.6 Å². The molecule has 0 bridgehead atoms. The van der Waals surface area contributed by atoms with E-state index in [1.807, 2.05) is 0 Å². The summed E-state index contributed by atoms with van der Waals surface area (Å²) in [4.78, 5) is 12.1. The second-order valence-corrected chi connectivity index (χ2v) is 4.90. The molecular formula is C14H19ClF2N2O2. The predicted octanol–water partition coefficient (Wildman–Crippen LogP) is 1.94. The van der Waals surface area contributed by atoms with Crippen molar-refractivity contribution < 1.29 is 18.3 Å². The second kappa shape index (κ2) is 7.68. The summed E-state index contributed by atoms with van der Waals surface area (Å²) in [6, 6.07) is 2.31. The van der Waals surface area contributed by atoms with Crippen LogP contribution in [0.25, 0.3) is 0 Å². The van der Waals surface area contributed by atoms with Crippen molar-refractivity contribution in [2.24, 2.45) is 0 Å². The zero-order valence-corrected chi connectivity index (χ0v) is 12.7. The van der Waals surface area contributed by atoms with Crippen molar-refractivity contribution in [3.63, 3.8) is 0 Å². The third-order valence-corrected chi connectivity index (χ3v) is 3.39. The summed E-state index contributed by atoms with van der Waals surface area (Å²) in [6.07, 6.45) is -0.242. The van der Waals surface area contributed by atoms with E-state index >= 15 is 0 Å². The highest BCUT2D eigenvalue weighted by Crippen LogP contribution is 2.18. The normalized spacial score (nSPS) is 23.0. The third-order valence-electron chi connectivity index (χ3n) is 3.39. The molecule has 1 aromatic carbocycles. The number of halogens is 3. The maximum Gasteiger partial charge on any atom is 0.240 e. The summed E-state index contributed by atoms with van der Waals surface area (Å²) >= 11 is 0. The number of benzene rings is 1. The fourth-order valence-corrected chi connectivity index (χ4v) is 2.26. The number of ether oxygens (including phenoxy) is 1. The van der Waals surface area contributed by atoms with Crippen LogP contribution in [-0.4, -0.2) is 31.2 Å². The molecule has 21 heavy (non-hydrogen) atoms. The zero-order valence-electron chi connectivity index (χ0n) is 11.9. The van der Waals surface area contributed by atoms with Gasteiger partial charge in [-0.3, -0.25) is 4.79 Å². The molecule has 0 aromatic heterocycles.